The summed E-state index contributed by atoms with van der Waals surface area (Å²) in [7, 11) is 0. The van der Waals surface area contributed by atoms with Gasteiger partial charge in [0.25, 0.3) is 0 Å². The first-order valence-corrected chi connectivity index (χ1v) is 5.33. The first-order valence-electron chi connectivity index (χ1n) is 5.33. The molecule has 1 heterocycles. The largest absolute Gasteiger partial charge is 0.448 e. The van der Waals surface area contributed by atoms with Crippen LogP contribution in [-0.2, 0) is 4.74 Å². The van der Waals surface area contributed by atoms with Crippen molar-refractivity contribution in [1.29, 1.82) is 0 Å². The van der Waals surface area contributed by atoms with E-state index in [0.717, 1.165) is 11.1 Å². The van der Waals surface area contributed by atoms with Gasteiger partial charge < -0.3 is 4.74 Å². The Morgan fingerprint density at radius 3 is 3.06 bits per heavy atom. The predicted octanol–water partition coefficient (Wildman–Crippen LogP) is 2.17. The summed E-state index contributed by atoms with van der Waals surface area (Å²) in [6.07, 6.45) is 6.55. The molecule has 4 heteroatoms. The van der Waals surface area contributed by atoms with Crippen LogP contribution in [0.3, 0.4) is 0 Å². The van der Waals surface area contributed by atoms with Crippen LogP contribution < -0.4 is 0 Å². The zero-order valence-electron chi connectivity index (χ0n) is 9.46. The number of nitrogens with zero attached hydrogens (tertiary/aromatic N) is 2. The molecular formula is C13H12N2O2. The van der Waals surface area contributed by atoms with Gasteiger partial charge in [-0.3, -0.25) is 0 Å². The Morgan fingerprint density at radius 2 is 2.35 bits per heavy atom. The maximum atomic E-state index is 11.7. The highest BCUT2D eigenvalue weighted by Gasteiger charge is 2.28. The van der Waals surface area contributed by atoms with Crippen molar-refractivity contribution in [2.75, 3.05) is 6.61 Å². The van der Waals surface area contributed by atoms with Crippen LogP contribution >= 0.6 is 0 Å². The number of ether oxygens (including phenoxy) is 1. The fourth-order valence-electron chi connectivity index (χ4n) is 1.70. The van der Waals surface area contributed by atoms with Crippen LogP contribution in [-0.4, -0.2) is 23.9 Å². The standard InChI is InChI=1S/C13H12N2O2/c1-3-12-11-8-6-5-7-10(11)9-14-15(12)13(16)17-4-2/h1,5-9,12H,4H2,2H3. The van der Waals surface area contributed by atoms with Crippen molar-refractivity contribution >= 4 is 12.3 Å². The van der Waals surface area contributed by atoms with Crippen LogP contribution in [0.4, 0.5) is 4.79 Å². The summed E-state index contributed by atoms with van der Waals surface area (Å²) < 4.78 is 4.91. The number of carbonyl (C=O) groups is 1. The monoisotopic (exact) mass is 228 g/mol. The van der Waals surface area contributed by atoms with Gasteiger partial charge in [-0.05, 0) is 12.5 Å². The molecule has 1 aliphatic rings. The Labute approximate surface area is 99.9 Å². The van der Waals surface area contributed by atoms with Gasteiger partial charge in [0.1, 0.15) is 6.04 Å². The highest BCUT2D eigenvalue weighted by molar-refractivity contribution is 5.85. The lowest BCUT2D eigenvalue weighted by Gasteiger charge is -2.27. The highest BCUT2D eigenvalue weighted by atomic mass is 16.6. The van der Waals surface area contributed by atoms with Crippen molar-refractivity contribution in [3.8, 4) is 12.3 Å². The van der Waals surface area contributed by atoms with E-state index in [1.54, 1.807) is 13.1 Å². The maximum absolute atomic E-state index is 11.7. The number of fused-ring (bicyclic) bond motifs is 1. The molecule has 1 unspecified atom stereocenters. The molecule has 1 aromatic rings. The molecule has 0 spiro atoms. The van der Waals surface area contributed by atoms with E-state index in [1.807, 2.05) is 24.3 Å². The van der Waals surface area contributed by atoms with E-state index in [4.69, 9.17) is 11.2 Å². The minimum absolute atomic E-state index is 0.295. The first-order chi connectivity index (χ1) is 8.27. The molecule has 86 valence electrons. The van der Waals surface area contributed by atoms with Gasteiger partial charge in [-0.2, -0.15) is 10.1 Å². The highest BCUT2D eigenvalue weighted by Crippen LogP contribution is 2.27. The molecule has 17 heavy (non-hydrogen) atoms. The molecule has 1 amide bonds. The first kappa shape index (κ1) is 11.2. The number of amides is 1. The SMILES string of the molecule is C#CC1c2ccccc2C=NN1C(=O)OCC. The van der Waals surface area contributed by atoms with E-state index >= 15 is 0 Å². The van der Waals surface area contributed by atoms with Crippen molar-refractivity contribution in [3.63, 3.8) is 0 Å². The van der Waals surface area contributed by atoms with E-state index in [2.05, 4.69) is 11.0 Å². The van der Waals surface area contributed by atoms with Gasteiger partial charge in [0, 0.05) is 5.56 Å². The van der Waals surface area contributed by atoms with Crippen LogP contribution in [0.5, 0.6) is 0 Å². The number of rotatable bonds is 1. The third-order valence-corrected chi connectivity index (χ3v) is 2.47. The smallest absolute Gasteiger partial charge is 0.431 e. The van der Waals surface area contributed by atoms with Gasteiger partial charge in [-0.25, -0.2) is 4.79 Å². The molecule has 0 fully saturated rings. The Kier molecular flexibility index (Phi) is 3.10. The second kappa shape index (κ2) is 4.71. The molecule has 4 nitrogen and oxygen atoms in total. The minimum Gasteiger partial charge on any atom is -0.448 e. The molecule has 0 aromatic heterocycles. The van der Waals surface area contributed by atoms with E-state index in [0.29, 0.717) is 6.61 Å². The van der Waals surface area contributed by atoms with E-state index in [-0.39, 0.29) is 0 Å². The van der Waals surface area contributed by atoms with Crippen LogP contribution in [0.2, 0.25) is 0 Å². The lowest BCUT2D eigenvalue weighted by Crippen LogP contribution is -2.33. The molecule has 1 atom stereocenters. The Hall–Kier alpha value is -2.28. The van der Waals surface area contributed by atoms with Crippen LogP contribution in [0, 0.1) is 12.3 Å². The molecule has 0 saturated heterocycles. The third-order valence-electron chi connectivity index (χ3n) is 2.47. The summed E-state index contributed by atoms with van der Waals surface area (Å²) in [5.74, 6) is 2.56. The number of terminal acetylenes is 1. The lowest BCUT2D eigenvalue weighted by atomic mass is 10.00. The van der Waals surface area contributed by atoms with Gasteiger partial charge in [0.05, 0.1) is 12.8 Å². The second-order valence-corrected chi connectivity index (χ2v) is 3.49. The van der Waals surface area contributed by atoms with Gasteiger partial charge in [-0.1, -0.05) is 30.2 Å². The fourth-order valence-corrected chi connectivity index (χ4v) is 1.70. The summed E-state index contributed by atoms with van der Waals surface area (Å²) in [4.78, 5) is 11.7. The zero-order valence-corrected chi connectivity index (χ0v) is 9.46. The van der Waals surface area contributed by atoms with Crippen molar-refractivity contribution in [3.05, 3.63) is 35.4 Å². The Morgan fingerprint density at radius 1 is 1.59 bits per heavy atom. The van der Waals surface area contributed by atoms with Gasteiger partial charge >= 0.3 is 6.09 Å². The van der Waals surface area contributed by atoms with Gasteiger partial charge in [0.15, 0.2) is 0 Å². The summed E-state index contributed by atoms with van der Waals surface area (Å²) in [6, 6.07) is 7.07. The molecule has 0 bridgehead atoms. The molecule has 2 rings (SSSR count). The van der Waals surface area contributed by atoms with Crippen molar-refractivity contribution < 1.29 is 9.53 Å². The van der Waals surface area contributed by atoms with Gasteiger partial charge in [0.2, 0.25) is 0 Å². The van der Waals surface area contributed by atoms with Crippen molar-refractivity contribution in [2.45, 2.75) is 13.0 Å². The molecule has 1 aromatic carbocycles. The number of carbonyl (C=O) groups excluding carboxylic acids is 1. The third kappa shape index (κ3) is 2.00. The van der Waals surface area contributed by atoms with Crippen LogP contribution in [0.25, 0.3) is 0 Å². The average Bonchev–Trinajstić information content (AvgIpc) is 2.37. The molecule has 0 N–H and O–H groups in total. The van der Waals surface area contributed by atoms with E-state index < -0.39 is 12.1 Å². The maximum Gasteiger partial charge on any atom is 0.431 e. The average molecular weight is 228 g/mol. The zero-order chi connectivity index (χ0) is 12.3. The minimum atomic E-state index is -0.527. The summed E-state index contributed by atoms with van der Waals surface area (Å²) in [6.45, 7) is 2.04. The summed E-state index contributed by atoms with van der Waals surface area (Å²) >= 11 is 0. The number of hydrogen-bond acceptors (Lipinski definition) is 3. The fraction of sp³-hybridized carbons (Fsp3) is 0.231. The van der Waals surface area contributed by atoms with Crippen molar-refractivity contribution in [1.82, 2.24) is 5.01 Å². The Balaban J connectivity index is 2.36. The van der Waals surface area contributed by atoms with Crippen LogP contribution in [0.15, 0.2) is 29.4 Å². The number of hydrogen-bond donors (Lipinski definition) is 0. The molecule has 0 saturated carbocycles. The number of hydrazone groups is 1. The second-order valence-electron chi connectivity index (χ2n) is 3.49. The predicted molar refractivity (Wildman–Crippen MR) is 64.5 cm³/mol. The van der Waals surface area contributed by atoms with Gasteiger partial charge in [-0.15, -0.1) is 6.42 Å². The molecular weight excluding hydrogens is 216 g/mol. The topological polar surface area (TPSA) is 41.9 Å². The molecule has 0 radical (unpaired) electrons. The van der Waals surface area contributed by atoms with E-state index in [1.165, 1.54) is 5.01 Å². The summed E-state index contributed by atoms with van der Waals surface area (Å²) in [5, 5.41) is 5.22. The number of benzene rings is 1. The van der Waals surface area contributed by atoms with Crippen molar-refractivity contribution in [2.24, 2.45) is 5.10 Å². The summed E-state index contributed by atoms with van der Waals surface area (Å²) in [5.41, 5.74) is 1.81. The quantitative estimate of drug-likeness (QED) is 0.691. The lowest BCUT2D eigenvalue weighted by molar-refractivity contribution is 0.0998. The molecule has 1 aliphatic heterocycles. The van der Waals surface area contributed by atoms with E-state index in [9.17, 15) is 4.79 Å². The normalized spacial score (nSPS) is 17.2. The van der Waals surface area contributed by atoms with Crippen LogP contribution in [0.1, 0.15) is 24.1 Å². The Bertz CT molecular complexity index is 502. The molecule has 0 aliphatic carbocycles.